The number of rotatable bonds is 8. The van der Waals surface area contributed by atoms with Crippen molar-refractivity contribution in [1.82, 2.24) is 14.8 Å². The number of amides is 3. The first-order chi connectivity index (χ1) is 20.9. The second-order valence-electron chi connectivity index (χ2n) is 10.0. The fourth-order valence-electron chi connectivity index (χ4n) is 4.33. The zero-order valence-corrected chi connectivity index (χ0v) is 24.6. The number of nitrogens with zero attached hydrogens (tertiary/aromatic N) is 5. The molecule has 0 aliphatic carbocycles. The van der Waals surface area contributed by atoms with Gasteiger partial charge in [-0.05, 0) is 78.6 Å². The SMILES string of the molecule is Cc1ccc(C(C)C)c(N2C(=O)CSC2=NC(=O)Nc2ccc(OCc3ncn(-c4ccc(OC(F)(F)F)cc4)n3)cc2)c1. The number of aryl methyl sites for hydroxylation is 1. The number of benzene rings is 3. The number of carbonyl (C=O) groups is 2. The quantitative estimate of drug-likeness (QED) is 0.228. The molecule has 2 heterocycles. The van der Waals surface area contributed by atoms with Crippen LogP contribution in [0.5, 0.6) is 11.5 Å². The molecule has 14 heteroatoms. The van der Waals surface area contributed by atoms with Crippen molar-refractivity contribution in [1.29, 1.82) is 0 Å². The van der Waals surface area contributed by atoms with Gasteiger partial charge in [-0.25, -0.2) is 14.5 Å². The normalized spacial score (nSPS) is 14.4. The van der Waals surface area contributed by atoms with Gasteiger partial charge in [0.15, 0.2) is 11.0 Å². The average Bonchev–Trinajstić information content (AvgIpc) is 3.58. The van der Waals surface area contributed by atoms with Gasteiger partial charge < -0.3 is 14.8 Å². The Balaban J connectivity index is 1.18. The van der Waals surface area contributed by atoms with Crippen LogP contribution in [0.2, 0.25) is 0 Å². The van der Waals surface area contributed by atoms with E-state index < -0.39 is 12.4 Å². The zero-order valence-electron chi connectivity index (χ0n) is 23.8. The van der Waals surface area contributed by atoms with Gasteiger partial charge in [0.05, 0.1) is 17.1 Å². The molecule has 0 unspecified atom stereocenters. The number of anilines is 2. The molecule has 1 saturated heterocycles. The van der Waals surface area contributed by atoms with Gasteiger partial charge in [0.1, 0.15) is 24.4 Å². The Labute approximate surface area is 254 Å². The molecule has 3 aromatic carbocycles. The second kappa shape index (κ2) is 12.8. The summed E-state index contributed by atoms with van der Waals surface area (Å²) < 4.78 is 48.1. The van der Waals surface area contributed by atoms with Gasteiger partial charge >= 0.3 is 12.4 Å². The van der Waals surface area contributed by atoms with E-state index in [-0.39, 0.29) is 29.9 Å². The van der Waals surface area contributed by atoms with Gasteiger partial charge in [0.25, 0.3) is 0 Å². The first-order valence-electron chi connectivity index (χ1n) is 13.4. The number of hydrogen-bond donors (Lipinski definition) is 1. The number of amidine groups is 1. The number of aromatic nitrogens is 3. The Hall–Kier alpha value is -4.85. The van der Waals surface area contributed by atoms with E-state index in [4.69, 9.17) is 4.74 Å². The second-order valence-corrected chi connectivity index (χ2v) is 11.0. The molecule has 228 valence electrons. The first kappa shape index (κ1) is 30.6. The number of carbonyl (C=O) groups excluding carboxylic acids is 2. The summed E-state index contributed by atoms with van der Waals surface area (Å²) in [5, 5.41) is 7.30. The summed E-state index contributed by atoms with van der Waals surface area (Å²) in [5.74, 6) is 0.727. The lowest BCUT2D eigenvalue weighted by atomic mass is 9.99. The lowest BCUT2D eigenvalue weighted by Crippen LogP contribution is -2.31. The van der Waals surface area contributed by atoms with E-state index in [0.717, 1.165) is 16.8 Å². The van der Waals surface area contributed by atoms with Crippen LogP contribution in [-0.4, -0.2) is 44.0 Å². The van der Waals surface area contributed by atoms with Crippen molar-refractivity contribution in [3.63, 3.8) is 0 Å². The number of aliphatic imine (C=N–C) groups is 1. The lowest BCUT2D eigenvalue weighted by Gasteiger charge is -2.22. The summed E-state index contributed by atoms with van der Waals surface area (Å²) in [5.41, 5.74) is 3.69. The van der Waals surface area contributed by atoms with Gasteiger partial charge in [-0.15, -0.1) is 18.3 Å². The van der Waals surface area contributed by atoms with Gasteiger partial charge in [-0.1, -0.05) is 37.7 Å². The summed E-state index contributed by atoms with van der Waals surface area (Å²) in [6, 6.07) is 17.1. The Kier molecular flexibility index (Phi) is 8.90. The van der Waals surface area contributed by atoms with Crippen molar-refractivity contribution in [2.24, 2.45) is 4.99 Å². The van der Waals surface area contributed by atoms with E-state index in [9.17, 15) is 22.8 Å². The smallest absolute Gasteiger partial charge is 0.486 e. The minimum absolute atomic E-state index is 0.0278. The van der Waals surface area contributed by atoms with Crippen molar-refractivity contribution in [2.45, 2.75) is 39.7 Å². The fourth-order valence-corrected chi connectivity index (χ4v) is 5.18. The van der Waals surface area contributed by atoms with Crippen molar-refractivity contribution in [3.05, 3.63) is 90.0 Å². The van der Waals surface area contributed by atoms with Crippen LogP contribution < -0.4 is 19.7 Å². The van der Waals surface area contributed by atoms with Crippen LogP contribution in [0, 0.1) is 6.92 Å². The highest BCUT2D eigenvalue weighted by atomic mass is 32.2. The van der Waals surface area contributed by atoms with Gasteiger partial charge in [-0.2, -0.15) is 4.99 Å². The largest absolute Gasteiger partial charge is 0.573 e. The predicted octanol–water partition coefficient (Wildman–Crippen LogP) is 6.84. The minimum Gasteiger partial charge on any atom is -0.486 e. The molecule has 0 atom stereocenters. The maximum Gasteiger partial charge on any atom is 0.573 e. The molecule has 1 fully saturated rings. The molecular formula is C30H27F3N6O4S. The van der Waals surface area contributed by atoms with Gasteiger partial charge in [0.2, 0.25) is 5.91 Å². The van der Waals surface area contributed by atoms with Crippen LogP contribution in [0.1, 0.15) is 36.7 Å². The Morgan fingerprint density at radius 3 is 2.45 bits per heavy atom. The third kappa shape index (κ3) is 7.56. The molecule has 1 aliphatic rings. The number of hydrogen-bond acceptors (Lipinski definition) is 7. The maximum absolute atomic E-state index is 12.8. The highest BCUT2D eigenvalue weighted by molar-refractivity contribution is 8.15. The first-order valence-corrected chi connectivity index (χ1v) is 14.4. The van der Waals surface area contributed by atoms with Crippen LogP contribution >= 0.6 is 11.8 Å². The molecule has 1 N–H and O–H groups in total. The summed E-state index contributed by atoms with van der Waals surface area (Å²) >= 11 is 1.21. The zero-order chi connectivity index (χ0) is 31.4. The summed E-state index contributed by atoms with van der Waals surface area (Å²) in [4.78, 5) is 35.4. The highest BCUT2D eigenvalue weighted by Crippen LogP contribution is 2.34. The van der Waals surface area contributed by atoms with E-state index in [2.05, 4.69) is 25.1 Å². The Morgan fingerprint density at radius 1 is 1.07 bits per heavy atom. The molecule has 0 saturated carbocycles. The van der Waals surface area contributed by atoms with E-state index in [1.807, 2.05) is 39.0 Å². The van der Waals surface area contributed by atoms with Crippen molar-refractivity contribution >= 4 is 40.2 Å². The van der Waals surface area contributed by atoms with Gasteiger partial charge in [-0.3, -0.25) is 9.69 Å². The molecule has 0 radical (unpaired) electrons. The molecule has 5 rings (SSSR count). The highest BCUT2D eigenvalue weighted by Gasteiger charge is 2.33. The molecule has 1 aliphatic heterocycles. The minimum atomic E-state index is -4.77. The van der Waals surface area contributed by atoms with Crippen LogP contribution in [-0.2, 0) is 11.4 Å². The topological polar surface area (TPSA) is 111 Å². The number of nitrogens with one attached hydrogen (secondary N) is 1. The summed E-state index contributed by atoms with van der Waals surface area (Å²) in [7, 11) is 0. The van der Waals surface area contributed by atoms with Crippen LogP contribution in [0.3, 0.4) is 0 Å². The molecule has 10 nitrogen and oxygen atoms in total. The number of thioether (sulfide) groups is 1. The van der Waals surface area contributed by atoms with E-state index >= 15 is 0 Å². The van der Waals surface area contributed by atoms with Crippen molar-refractivity contribution in [3.8, 4) is 17.2 Å². The molecule has 3 amide bonds. The lowest BCUT2D eigenvalue weighted by molar-refractivity contribution is -0.274. The van der Waals surface area contributed by atoms with Crippen LogP contribution in [0.4, 0.5) is 29.3 Å². The third-order valence-electron chi connectivity index (χ3n) is 6.36. The maximum atomic E-state index is 12.8. The van der Waals surface area contributed by atoms with Crippen LogP contribution in [0.15, 0.2) is 78.0 Å². The number of ether oxygens (including phenoxy) is 2. The van der Waals surface area contributed by atoms with E-state index in [0.29, 0.717) is 28.1 Å². The van der Waals surface area contributed by atoms with Gasteiger partial charge in [0, 0.05) is 5.69 Å². The summed E-state index contributed by atoms with van der Waals surface area (Å²) in [6.45, 7) is 6.07. The third-order valence-corrected chi connectivity index (χ3v) is 7.28. The van der Waals surface area contributed by atoms with E-state index in [1.165, 1.54) is 51.9 Å². The molecule has 1 aromatic heterocycles. The molecule has 0 spiro atoms. The molecule has 0 bridgehead atoms. The fraction of sp³-hybridized carbons (Fsp3) is 0.233. The molecular weight excluding hydrogens is 597 g/mol. The van der Waals surface area contributed by atoms with Crippen molar-refractivity contribution in [2.75, 3.05) is 16.0 Å². The predicted molar refractivity (Wildman–Crippen MR) is 160 cm³/mol. The Bertz CT molecular complexity index is 1690. The number of halogens is 3. The standard InChI is InChI=1S/C30H27F3N6O4S/c1-18(2)24-13-4-19(3)14-25(24)39-27(40)16-44-29(39)36-28(41)35-20-5-9-22(10-6-20)42-15-26-34-17-38(37-26)21-7-11-23(12-8-21)43-30(31,32)33/h4-14,17-18H,15-16H2,1-3H3,(H,35,41). The number of alkyl halides is 3. The number of urea groups is 1. The molecule has 44 heavy (non-hydrogen) atoms. The molecule has 4 aromatic rings. The average molecular weight is 625 g/mol. The van der Waals surface area contributed by atoms with Crippen molar-refractivity contribution < 1.29 is 32.2 Å². The van der Waals surface area contributed by atoms with Crippen LogP contribution in [0.25, 0.3) is 5.69 Å². The Morgan fingerprint density at radius 2 is 1.77 bits per heavy atom. The summed E-state index contributed by atoms with van der Waals surface area (Å²) in [6.07, 6.45) is -3.35. The monoisotopic (exact) mass is 624 g/mol. The van der Waals surface area contributed by atoms with E-state index in [1.54, 1.807) is 24.3 Å².